The second-order valence-corrected chi connectivity index (χ2v) is 4.68. The summed E-state index contributed by atoms with van der Waals surface area (Å²) in [7, 11) is 0. The normalized spacial score (nSPS) is 13.9. The number of nitrogens with zero attached hydrogens (tertiary/aromatic N) is 1. The van der Waals surface area contributed by atoms with Gasteiger partial charge in [0.15, 0.2) is 0 Å². The van der Waals surface area contributed by atoms with Gasteiger partial charge >= 0.3 is 0 Å². The summed E-state index contributed by atoms with van der Waals surface area (Å²) in [6.45, 7) is 16.3. The van der Waals surface area contributed by atoms with E-state index in [1.807, 2.05) is 6.20 Å². The second-order valence-electron chi connectivity index (χ2n) is 4.68. The average Bonchev–Trinajstić information content (AvgIpc) is 2.03. The summed E-state index contributed by atoms with van der Waals surface area (Å²) < 4.78 is 0. The Balaban J connectivity index is 4.47. The van der Waals surface area contributed by atoms with Crippen molar-refractivity contribution in [1.82, 2.24) is 4.90 Å². The van der Waals surface area contributed by atoms with Crippen molar-refractivity contribution >= 4 is 0 Å². The Morgan fingerprint density at radius 2 is 1.85 bits per heavy atom. The summed E-state index contributed by atoms with van der Waals surface area (Å²) >= 11 is 0. The third kappa shape index (κ3) is 3.84. The lowest BCUT2D eigenvalue weighted by atomic mass is 9.83. The van der Waals surface area contributed by atoms with Gasteiger partial charge in [-0.2, -0.15) is 0 Å². The van der Waals surface area contributed by atoms with Crippen LogP contribution in [-0.4, -0.2) is 17.5 Å². The zero-order valence-corrected chi connectivity index (χ0v) is 9.93. The molecule has 0 heterocycles. The summed E-state index contributed by atoms with van der Waals surface area (Å²) in [5.41, 5.74) is 0.347. The van der Waals surface area contributed by atoms with Crippen LogP contribution in [0.15, 0.2) is 12.8 Å². The van der Waals surface area contributed by atoms with E-state index in [-0.39, 0.29) is 0 Å². The molecule has 0 aromatic heterocycles. The molecule has 0 aliphatic carbocycles. The van der Waals surface area contributed by atoms with Crippen molar-refractivity contribution < 1.29 is 0 Å². The van der Waals surface area contributed by atoms with Crippen molar-refractivity contribution in [2.45, 2.75) is 53.5 Å². The Morgan fingerprint density at radius 1 is 1.31 bits per heavy atom. The molecular formula is C12H25N. The van der Waals surface area contributed by atoms with E-state index in [9.17, 15) is 0 Å². The first-order chi connectivity index (χ1) is 5.97. The monoisotopic (exact) mass is 183 g/mol. The zero-order valence-electron chi connectivity index (χ0n) is 9.93. The van der Waals surface area contributed by atoms with E-state index >= 15 is 0 Å². The summed E-state index contributed by atoms with van der Waals surface area (Å²) in [4.78, 5) is 2.35. The van der Waals surface area contributed by atoms with Gasteiger partial charge in [0.1, 0.15) is 0 Å². The van der Waals surface area contributed by atoms with E-state index in [0.717, 1.165) is 6.54 Å². The van der Waals surface area contributed by atoms with Crippen LogP contribution in [0.1, 0.15) is 47.5 Å². The van der Waals surface area contributed by atoms with E-state index in [2.05, 4.69) is 46.1 Å². The summed E-state index contributed by atoms with van der Waals surface area (Å²) in [5, 5.41) is 0. The predicted molar refractivity (Wildman–Crippen MR) is 60.7 cm³/mol. The van der Waals surface area contributed by atoms with E-state index < -0.39 is 0 Å². The minimum atomic E-state index is 0.347. The van der Waals surface area contributed by atoms with Crippen molar-refractivity contribution in [3.05, 3.63) is 12.8 Å². The number of hydrogen-bond acceptors (Lipinski definition) is 1. The van der Waals surface area contributed by atoms with Crippen LogP contribution in [0.5, 0.6) is 0 Å². The largest absolute Gasteiger partial charge is 0.375 e. The molecule has 0 N–H and O–H groups in total. The third-order valence-electron chi connectivity index (χ3n) is 2.56. The first-order valence-corrected chi connectivity index (χ1v) is 5.35. The van der Waals surface area contributed by atoms with Gasteiger partial charge < -0.3 is 4.90 Å². The Hall–Kier alpha value is -0.460. The van der Waals surface area contributed by atoms with Crippen molar-refractivity contribution in [1.29, 1.82) is 0 Å². The summed E-state index contributed by atoms with van der Waals surface area (Å²) in [6.07, 6.45) is 4.47. The van der Waals surface area contributed by atoms with Crippen LogP contribution in [0.3, 0.4) is 0 Å². The Bertz CT molecular complexity index is 144. The van der Waals surface area contributed by atoms with Crippen LogP contribution in [0, 0.1) is 5.41 Å². The quantitative estimate of drug-likeness (QED) is 0.628. The SMILES string of the molecule is C=CN(CC)C(CCC)C(C)(C)C. The molecule has 1 atom stereocenters. The van der Waals surface area contributed by atoms with Crippen molar-refractivity contribution in [3.63, 3.8) is 0 Å². The van der Waals surface area contributed by atoms with Gasteiger partial charge in [0, 0.05) is 12.6 Å². The molecule has 0 aromatic rings. The van der Waals surface area contributed by atoms with E-state index in [0.29, 0.717) is 11.5 Å². The zero-order chi connectivity index (χ0) is 10.5. The molecule has 1 nitrogen and oxygen atoms in total. The van der Waals surface area contributed by atoms with Crippen LogP contribution in [0.25, 0.3) is 0 Å². The van der Waals surface area contributed by atoms with Crippen LogP contribution in [0.4, 0.5) is 0 Å². The highest BCUT2D eigenvalue weighted by molar-refractivity contribution is 4.87. The van der Waals surface area contributed by atoms with Gasteiger partial charge in [0.2, 0.25) is 0 Å². The Kier molecular flexibility index (Phi) is 5.12. The molecule has 0 bridgehead atoms. The molecule has 0 fully saturated rings. The first kappa shape index (κ1) is 12.5. The smallest absolute Gasteiger partial charge is 0.0332 e. The maximum absolute atomic E-state index is 3.87. The molecule has 13 heavy (non-hydrogen) atoms. The molecule has 0 saturated carbocycles. The second kappa shape index (κ2) is 5.31. The molecule has 0 amide bonds. The Labute approximate surface area is 83.8 Å². The maximum Gasteiger partial charge on any atom is 0.0332 e. The standard InChI is InChI=1S/C12H25N/c1-7-10-11(12(4,5)6)13(8-2)9-3/h8,11H,2,7,9-10H2,1,3-6H3. The fourth-order valence-corrected chi connectivity index (χ4v) is 1.85. The topological polar surface area (TPSA) is 3.24 Å². The van der Waals surface area contributed by atoms with Gasteiger partial charge in [0.25, 0.3) is 0 Å². The lowest BCUT2D eigenvalue weighted by molar-refractivity contribution is 0.141. The molecule has 0 aromatic carbocycles. The molecule has 0 aliphatic heterocycles. The minimum absolute atomic E-state index is 0.347. The predicted octanol–water partition coefficient (Wildman–Crippen LogP) is 3.67. The third-order valence-corrected chi connectivity index (χ3v) is 2.56. The first-order valence-electron chi connectivity index (χ1n) is 5.35. The fraction of sp³-hybridized carbons (Fsp3) is 0.833. The van der Waals surface area contributed by atoms with Crippen LogP contribution >= 0.6 is 0 Å². The molecule has 0 saturated heterocycles. The van der Waals surface area contributed by atoms with Crippen LogP contribution in [-0.2, 0) is 0 Å². The van der Waals surface area contributed by atoms with Gasteiger partial charge in [-0.25, -0.2) is 0 Å². The summed E-state index contributed by atoms with van der Waals surface area (Å²) in [5.74, 6) is 0. The van der Waals surface area contributed by atoms with E-state index in [1.54, 1.807) is 0 Å². The van der Waals surface area contributed by atoms with Gasteiger partial charge in [-0.3, -0.25) is 0 Å². The lowest BCUT2D eigenvalue weighted by Gasteiger charge is -2.39. The molecule has 0 rings (SSSR count). The fourth-order valence-electron chi connectivity index (χ4n) is 1.85. The van der Waals surface area contributed by atoms with Gasteiger partial charge in [0.05, 0.1) is 0 Å². The molecule has 78 valence electrons. The van der Waals surface area contributed by atoms with Crippen LogP contribution < -0.4 is 0 Å². The molecule has 1 unspecified atom stereocenters. The van der Waals surface area contributed by atoms with Crippen molar-refractivity contribution in [2.75, 3.05) is 6.54 Å². The number of rotatable bonds is 5. The number of hydrogen-bond donors (Lipinski definition) is 0. The molecule has 1 heteroatoms. The minimum Gasteiger partial charge on any atom is -0.375 e. The Morgan fingerprint density at radius 3 is 2.08 bits per heavy atom. The van der Waals surface area contributed by atoms with E-state index in [4.69, 9.17) is 0 Å². The lowest BCUT2D eigenvalue weighted by Crippen LogP contribution is -2.40. The van der Waals surface area contributed by atoms with Crippen molar-refractivity contribution in [2.24, 2.45) is 5.41 Å². The molecular weight excluding hydrogens is 158 g/mol. The maximum atomic E-state index is 3.87. The molecule has 0 aliphatic rings. The van der Waals surface area contributed by atoms with E-state index in [1.165, 1.54) is 12.8 Å². The highest BCUT2D eigenvalue weighted by atomic mass is 15.1. The van der Waals surface area contributed by atoms with Gasteiger partial charge in [-0.15, -0.1) is 0 Å². The highest BCUT2D eigenvalue weighted by Gasteiger charge is 2.26. The molecule has 0 spiro atoms. The van der Waals surface area contributed by atoms with Gasteiger partial charge in [-0.05, 0) is 25.0 Å². The van der Waals surface area contributed by atoms with Crippen molar-refractivity contribution in [3.8, 4) is 0 Å². The summed E-state index contributed by atoms with van der Waals surface area (Å²) in [6, 6.07) is 0.625. The molecule has 0 radical (unpaired) electrons. The van der Waals surface area contributed by atoms with Gasteiger partial charge in [-0.1, -0.05) is 40.7 Å². The highest BCUT2D eigenvalue weighted by Crippen LogP contribution is 2.27. The van der Waals surface area contributed by atoms with Crippen LogP contribution in [0.2, 0.25) is 0 Å². The average molecular weight is 183 g/mol.